The number of hydrogen-bond donors (Lipinski definition) is 2. The molecule has 8 nitrogen and oxygen atoms in total. The van der Waals surface area contributed by atoms with Crippen LogP contribution in [0.25, 0.3) is 0 Å². The number of hydrogen-bond acceptors (Lipinski definition) is 5. The molecule has 2 aromatic carbocycles. The summed E-state index contributed by atoms with van der Waals surface area (Å²) in [6.45, 7) is -0.600. The van der Waals surface area contributed by atoms with Gasteiger partial charge >= 0.3 is 5.97 Å². The van der Waals surface area contributed by atoms with Crippen LogP contribution in [0.2, 0.25) is 10.0 Å². The topological polar surface area (TPSA) is 116 Å². The minimum Gasteiger partial charge on any atom is -0.478 e. The molecule has 2 N–H and O–H groups in total. The Labute approximate surface area is 171 Å². The summed E-state index contributed by atoms with van der Waals surface area (Å²) in [6, 6.07) is 10.5. The van der Waals surface area contributed by atoms with E-state index in [9.17, 15) is 18.0 Å². The predicted molar refractivity (Wildman–Crippen MR) is 108 cm³/mol. The Morgan fingerprint density at radius 2 is 1.86 bits per heavy atom. The number of nitrogens with zero attached hydrogens (tertiary/aromatic N) is 2. The number of sulfonamides is 1. The highest BCUT2D eigenvalue weighted by molar-refractivity contribution is 7.92. The molecule has 0 spiro atoms. The minimum absolute atomic E-state index is 0.00368. The average Bonchev–Trinajstić information content (AvgIpc) is 2.62. The van der Waals surface area contributed by atoms with Gasteiger partial charge < -0.3 is 5.11 Å². The monoisotopic (exact) mass is 443 g/mol. The van der Waals surface area contributed by atoms with Gasteiger partial charge in [0.15, 0.2) is 0 Å². The van der Waals surface area contributed by atoms with Gasteiger partial charge in [0.2, 0.25) is 10.0 Å². The van der Waals surface area contributed by atoms with E-state index in [4.69, 9.17) is 28.3 Å². The molecule has 0 aliphatic rings. The van der Waals surface area contributed by atoms with E-state index in [0.717, 1.165) is 16.8 Å². The van der Waals surface area contributed by atoms with Gasteiger partial charge in [-0.25, -0.2) is 18.6 Å². The number of carbonyl (C=O) groups excluding carboxylic acids is 1. The maximum absolute atomic E-state index is 12.2. The number of benzene rings is 2. The Kier molecular flexibility index (Phi) is 7.00. The molecule has 2 aromatic rings. The summed E-state index contributed by atoms with van der Waals surface area (Å²) in [5, 5.41) is 12.9. The molecule has 11 heteroatoms. The van der Waals surface area contributed by atoms with Gasteiger partial charge in [-0.2, -0.15) is 5.10 Å². The maximum atomic E-state index is 12.2. The maximum Gasteiger partial charge on any atom is 0.336 e. The second-order valence-electron chi connectivity index (χ2n) is 5.53. The normalized spacial score (nSPS) is 11.4. The highest BCUT2D eigenvalue weighted by Gasteiger charge is 2.23. The SMILES string of the molecule is CS(=O)(=O)N(CC(=O)N/N=C\c1ccccc1C(=O)O)c1cccc(Cl)c1Cl. The molecule has 0 aliphatic carbocycles. The summed E-state index contributed by atoms with van der Waals surface area (Å²) in [6.07, 6.45) is 2.07. The number of hydrazone groups is 1. The van der Waals surface area contributed by atoms with Crippen molar-refractivity contribution >= 4 is 57.0 Å². The number of aromatic carboxylic acids is 1. The Hall–Kier alpha value is -2.62. The largest absolute Gasteiger partial charge is 0.478 e. The number of carboxylic acid groups (broad SMARTS) is 1. The first kappa shape index (κ1) is 21.7. The number of carbonyl (C=O) groups is 2. The quantitative estimate of drug-likeness (QED) is 0.503. The van der Waals surface area contributed by atoms with Crippen molar-refractivity contribution in [1.82, 2.24) is 5.43 Å². The van der Waals surface area contributed by atoms with Gasteiger partial charge in [0.1, 0.15) is 6.54 Å². The number of rotatable bonds is 7. The molecular formula is C17H15Cl2N3O5S. The van der Waals surface area contributed by atoms with Crippen molar-refractivity contribution in [1.29, 1.82) is 0 Å². The van der Waals surface area contributed by atoms with Crippen LogP contribution in [0.3, 0.4) is 0 Å². The van der Waals surface area contributed by atoms with E-state index in [1.54, 1.807) is 12.1 Å². The van der Waals surface area contributed by atoms with Gasteiger partial charge in [0, 0.05) is 5.56 Å². The molecule has 28 heavy (non-hydrogen) atoms. The van der Waals surface area contributed by atoms with Crippen LogP contribution >= 0.6 is 23.2 Å². The van der Waals surface area contributed by atoms with E-state index in [2.05, 4.69) is 10.5 Å². The second kappa shape index (κ2) is 9.05. The molecule has 148 valence electrons. The van der Waals surface area contributed by atoms with Crippen molar-refractivity contribution in [3.63, 3.8) is 0 Å². The Balaban J connectivity index is 2.18. The number of carboxylic acids is 1. The second-order valence-corrected chi connectivity index (χ2v) is 8.22. The van der Waals surface area contributed by atoms with Crippen LogP contribution in [-0.4, -0.2) is 44.4 Å². The summed E-state index contributed by atoms with van der Waals surface area (Å²) in [5.41, 5.74) is 2.48. The molecule has 0 saturated heterocycles. The Morgan fingerprint density at radius 3 is 2.50 bits per heavy atom. The van der Waals surface area contributed by atoms with Gasteiger partial charge in [-0.05, 0) is 18.2 Å². The van der Waals surface area contributed by atoms with Gasteiger partial charge in [0.25, 0.3) is 5.91 Å². The first-order chi connectivity index (χ1) is 13.1. The predicted octanol–water partition coefficient (Wildman–Crippen LogP) is 2.61. The molecule has 0 aromatic heterocycles. The van der Waals surface area contributed by atoms with Crippen molar-refractivity contribution in [3.05, 3.63) is 63.6 Å². The van der Waals surface area contributed by atoms with E-state index >= 15 is 0 Å². The third kappa shape index (κ3) is 5.44. The van der Waals surface area contributed by atoms with Crippen LogP contribution in [0.15, 0.2) is 47.6 Å². The summed E-state index contributed by atoms with van der Waals surface area (Å²) in [7, 11) is -3.85. The van der Waals surface area contributed by atoms with Crippen LogP contribution in [0.5, 0.6) is 0 Å². The highest BCUT2D eigenvalue weighted by atomic mass is 35.5. The zero-order valence-corrected chi connectivity index (χ0v) is 16.8. The molecule has 0 aliphatic heterocycles. The third-order valence-electron chi connectivity index (χ3n) is 3.47. The zero-order chi connectivity index (χ0) is 20.9. The van der Waals surface area contributed by atoms with Crippen LogP contribution in [0.1, 0.15) is 15.9 Å². The van der Waals surface area contributed by atoms with Crippen molar-refractivity contribution < 1.29 is 23.1 Å². The molecule has 0 atom stereocenters. The first-order valence-electron chi connectivity index (χ1n) is 7.67. The molecule has 1 amide bonds. The molecule has 2 rings (SSSR count). The number of anilines is 1. The third-order valence-corrected chi connectivity index (χ3v) is 5.41. The molecule has 0 radical (unpaired) electrons. The molecule has 0 saturated carbocycles. The van der Waals surface area contributed by atoms with Gasteiger partial charge in [-0.3, -0.25) is 9.10 Å². The first-order valence-corrected chi connectivity index (χ1v) is 10.3. The van der Waals surface area contributed by atoms with Crippen molar-refractivity contribution in [3.8, 4) is 0 Å². The molecule has 0 fully saturated rings. The van der Waals surface area contributed by atoms with Gasteiger partial charge in [-0.15, -0.1) is 0 Å². The molecular weight excluding hydrogens is 429 g/mol. The lowest BCUT2D eigenvalue weighted by atomic mass is 10.1. The fraction of sp³-hybridized carbons (Fsp3) is 0.118. The fourth-order valence-electron chi connectivity index (χ4n) is 2.21. The summed E-state index contributed by atoms with van der Waals surface area (Å²) >= 11 is 12.0. The van der Waals surface area contributed by atoms with E-state index in [-0.39, 0.29) is 26.9 Å². The number of nitrogens with one attached hydrogen (secondary N) is 1. The van der Waals surface area contributed by atoms with Crippen LogP contribution in [-0.2, 0) is 14.8 Å². The smallest absolute Gasteiger partial charge is 0.336 e. The van der Waals surface area contributed by atoms with E-state index < -0.39 is 28.4 Å². The minimum atomic E-state index is -3.85. The van der Waals surface area contributed by atoms with Crippen LogP contribution in [0.4, 0.5) is 5.69 Å². The van der Waals surface area contributed by atoms with Crippen LogP contribution < -0.4 is 9.73 Å². The Bertz CT molecular complexity index is 1040. The molecule has 0 bridgehead atoms. The fourth-order valence-corrected chi connectivity index (χ4v) is 3.52. The standard InChI is InChI=1S/C17H15Cl2N3O5S/c1-28(26,27)22(14-8-4-7-13(18)16(14)19)10-15(23)21-20-9-11-5-2-3-6-12(11)17(24)25/h2-9H,10H2,1H3,(H,21,23)(H,24,25)/b20-9-. The lowest BCUT2D eigenvalue weighted by molar-refractivity contribution is -0.119. The van der Waals surface area contributed by atoms with Gasteiger partial charge in [-0.1, -0.05) is 47.5 Å². The van der Waals surface area contributed by atoms with Crippen LogP contribution in [0, 0.1) is 0 Å². The Morgan fingerprint density at radius 1 is 1.18 bits per heavy atom. The number of amides is 1. The molecule has 0 unspecified atom stereocenters. The molecule has 0 heterocycles. The van der Waals surface area contributed by atoms with Gasteiger partial charge in [0.05, 0.1) is 33.8 Å². The number of halogens is 2. The summed E-state index contributed by atoms with van der Waals surface area (Å²) < 4.78 is 25.0. The highest BCUT2D eigenvalue weighted by Crippen LogP contribution is 2.33. The summed E-state index contributed by atoms with van der Waals surface area (Å²) in [5.74, 6) is -1.90. The summed E-state index contributed by atoms with van der Waals surface area (Å²) in [4.78, 5) is 23.3. The van der Waals surface area contributed by atoms with Crippen molar-refractivity contribution in [2.75, 3.05) is 17.1 Å². The zero-order valence-electron chi connectivity index (χ0n) is 14.5. The van der Waals surface area contributed by atoms with E-state index in [1.165, 1.54) is 30.3 Å². The van der Waals surface area contributed by atoms with E-state index in [0.29, 0.717) is 0 Å². The average molecular weight is 444 g/mol. The van der Waals surface area contributed by atoms with E-state index in [1.807, 2.05) is 0 Å². The lowest BCUT2D eigenvalue weighted by Crippen LogP contribution is -2.39. The van der Waals surface area contributed by atoms with Crippen molar-refractivity contribution in [2.45, 2.75) is 0 Å². The van der Waals surface area contributed by atoms with Crippen molar-refractivity contribution in [2.24, 2.45) is 5.10 Å². The lowest BCUT2D eigenvalue weighted by Gasteiger charge is -2.22.